The number of carbonyl (C=O) groups excluding carboxylic acids is 2. The Labute approximate surface area is 187 Å². The molecular weight excluding hydrogens is 382 g/mol. The Kier molecular flexibility index (Phi) is 5.74. The molecule has 0 radical (unpaired) electrons. The van der Waals surface area contributed by atoms with Crippen LogP contribution in [-0.2, 0) is 0 Å². The quantitative estimate of drug-likeness (QED) is 0.382. The van der Waals surface area contributed by atoms with Crippen molar-refractivity contribution in [3.8, 4) is 0 Å². The molecule has 0 N–H and O–H groups in total. The minimum atomic E-state index is -0.171. The number of fused-ring (bicyclic) bond motifs is 2. The molecule has 0 bridgehead atoms. The lowest BCUT2D eigenvalue weighted by Crippen LogP contribution is -2.45. The Morgan fingerprint density at radius 1 is 1.10 bits per heavy atom. The van der Waals surface area contributed by atoms with Crippen LogP contribution in [-0.4, -0.2) is 23.3 Å². The molecule has 3 heteroatoms. The number of rotatable bonds is 5. The fourth-order valence-corrected chi connectivity index (χ4v) is 6.77. The monoisotopic (exact) mass is 419 g/mol. The van der Waals surface area contributed by atoms with Gasteiger partial charge in [0, 0.05) is 6.54 Å². The van der Waals surface area contributed by atoms with E-state index in [9.17, 15) is 9.59 Å². The zero-order chi connectivity index (χ0) is 22.4. The second-order valence-electron chi connectivity index (χ2n) is 10.9. The first-order valence-electron chi connectivity index (χ1n) is 11.9. The first-order chi connectivity index (χ1) is 14.6. The zero-order valence-electron chi connectivity index (χ0n) is 19.9. The van der Waals surface area contributed by atoms with Gasteiger partial charge in [0.15, 0.2) is 0 Å². The highest BCUT2D eigenvalue weighted by Crippen LogP contribution is 2.60. The molecule has 31 heavy (non-hydrogen) atoms. The summed E-state index contributed by atoms with van der Waals surface area (Å²) < 4.78 is 0. The predicted octanol–water partition coefficient (Wildman–Crippen LogP) is 6.95. The summed E-state index contributed by atoms with van der Waals surface area (Å²) in [5.41, 5.74) is 6.36. The molecule has 3 aliphatic rings. The molecule has 1 heterocycles. The Hall–Kier alpha value is -2.16. The molecule has 0 aromatic heterocycles. The van der Waals surface area contributed by atoms with Gasteiger partial charge in [0.1, 0.15) is 0 Å². The van der Waals surface area contributed by atoms with Crippen LogP contribution in [0.25, 0.3) is 0 Å². The number of nitrogens with zero attached hydrogens (tertiary/aromatic N) is 1. The van der Waals surface area contributed by atoms with E-state index in [0.717, 1.165) is 18.8 Å². The van der Waals surface area contributed by atoms with Crippen molar-refractivity contribution in [1.82, 2.24) is 4.90 Å². The van der Waals surface area contributed by atoms with Crippen LogP contribution in [0.2, 0.25) is 0 Å². The molecule has 166 valence electrons. The van der Waals surface area contributed by atoms with Crippen molar-refractivity contribution in [3.05, 3.63) is 58.2 Å². The molecule has 1 fully saturated rings. The highest BCUT2D eigenvalue weighted by atomic mass is 16.2. The fourth-order valence-electron chi connectivity index (χ4n) is 6.77. The number of allylic oxidation sites excluding steroid dienone is 3. The maximum atomic E-state index is 12.6. The van der Waals surface area contributed by atoms with Gasteiger partial charge >= 0.3 is 0 Å². The van der Waals surface area contributed by atoms with Crippen molar-refractivity contribution < 1.29 is 9.59 Å². The lowest BCUT2D eigenvalue weighted by Gasteiger charge is -2.55. The number of benzene rings is 1. The summed E-state index contributed by atoms with van der Waals surface area (Å²) in [4.78, 5) is 26.6. The van der Waals surface area contributed by atoms with E-state index in [2.05, 4.69) is 40.7 Å². The molecule has 2 atom stereocenters. The number of carbonyl (C=O) groups is 2. The number of imide groups is 1. The third kappa shape index (κ3) is 3.81. The van der Waals surface area contributed by atoms with Gasteiger partial charge in [-0.3, -0.25) is 14.5 Å². The van der Waals surface area contributed by atoms with Crippen LogP contribution in [0.1, 0.15) is 100 Å². The summed E-state index contributed by atoms with van der Waals surface area (Å²) in [6.45, 7) is 12.3. The molecule has 1 aromatic carbocycles. The van der Waals surface area contributed by atoms with E-state index in [0.29, 0.717) is 28.5 Å². The van der Waals surface area contributed by atoms with E-state index in [-0.39, 0.29) is 11.8 Å². The molecule has 1 saturated carbocycles. The Balaban J connectivity index is 1.44. The molecule has 0 saturated heterocycles. The van der Waals surface area contributed by atoms with E-state index < -0.39 is 0 Å². The number of hydrogen-bond acceptors (Lipinski definition) is 2. The molecule has 1 aliphatic heterocycles. The summed E-state index contributed by atoms with van der Waals surface area (Å²) >= 11 is 0. The minimum Gasteiger partial charge on any atom is -0.270 e. The zero-order valence-corrected chi connectivity index (χ0v) is 19.9. The van der Waals surface area contributed by atoms with Gasteiger partial charge in [0.25, 0.3) is 11.8 Å². The van der Waals surface area contributed by atoms with Crippen molar-refractivity contribution >= 4 is 11.8 Å². The first kappa shape index (κ1) is 22.0. The van der Waals surface area contributed by atoms with E-state index in [1.807, 2.05) is 12.1 Å². The van der Waals surface area contributed by atoms with Crippen molar-refractivity contribution in [2.24, 2.45) is 16.7 Å². The molecule has 0 spiro atoms. The van der Waals surface area contributed by atoms with Gasteiger partial charge in [-0.05, 0) is 81.3 Å². The van der Waals surface area contributed by atoms with Crippen molar-refractivity contribution in [3.63, 3.8) is 0 Å². The predicted molar refractivity (Wildman–Crippen MR) is 126 cm³/mol. The first-order valence-corrected chi connectivity index (χ1v) is 11.9. The van der Waals surface area contributed by atoms with Gasteiger partial charge in [0.05, 0.1) is 11.1 Å². The highest BCUT2D eigenvalue weighted by Gasteiger charge is 2.49. The molecule has 2 amide bonds. The number of amides is 2. The van der Waals surface area contributed by atoms with Gasteiger partial charge in [-0.2, -0.15) is 0 Å². The fraction of sp³-hybridized carbons (Fsp3) is 0.571. The van der Waals surface area contributed by atoms with E-state index >= 15 is 0 Å². The van der Waals surface area contributed by atoms with Gasteiger partial charge in [-0.1, -0.05) is 62.1 Å². The minimum absolute atomic E-state index is 0.171. The Bertz CT molecular complexity index is 932. The van der Waals surface area contributed by atoms with Crippen molar-refractivity contribution in [2.45, 2.75) is 79.6 Å². The molecule has 0 unspecified atom stereocenters. The van der Waals surface area contributed by atoms with Crippen LogP contribution in [0.5, 0.6) is 0 Å². The van der Waals surface area contributed by atoms with Crippen LogP contribution < -0.4 is 0 Å². The summed E-state index contributed by atoms with van der Waals surface area (Å²) in [5, 5.41) is 0. The van der Waals surface area contributed by atoms with Crippen LogP contribution in [0.15, 0.2) is 47.1 Å². The van der Waals surface area contributed by atoms with Gasteiger partial charge in [-0.25, -0.2) is 0 Å². The molecule has 4 rings (SSSR count). The lowest BCUT2D eigenvalue weighted by molar-refractivity contribution is 0.0105. The smallest absolute Gasteiger partial charge is 0.261 e. The summed E-state index contributed by atoms with van der Waals surface area (Å²) in [7, 11) is 0. The van der Waals surface area contributed by atoms with E-state index in [1.165, 1.54) is 42.6 Å². The highest BCUT2D eigenvalue weighted by molar-refractivity contribution is 6.21. The lowest BCUT2D eigenvalue weighted by atomic mass is 9.50. The van der Waals surface area contributed by atoms with Crippen LogP contribution in [0.3, 0.4) is 0 Å². The SMILES string of the molecule is CC1=C(CC/C(C)=C/CN2C(=O)c3ccccc3C2=O)[C@@]2(C)CCCC(C)(C)[C@@H]2CC1. The topological polar surface area (TPSA) is 37.4 Å². The Morgan fingerprint density at radius 2 is 1.74 bits per heavy atom. The third-order valence-corrected chi connectivity index (χ3v) is 8.51. The van der Waals surface area contributed by atoms with E-state index in [1.54, 1.807) is 23.3 Å². The second kappa shape index (κ2) is 8.07. The number of hydrogen-bond donors (Lipinski definition) is 0. The summed E-state index contributed by atoms with van der Waals surface area (Å²) in [5.74, 6) is 0.431. The largest absolute Gasteiger partial charge is 0.270 e. The van der Waals surface area contributed by atoms with Crippen LogP contribution >= 0.6 is 0 Å². The van der Waals surface area contributed by atoms with Gasteiger partial charge < -0.3 is 0 Å². The third-order valence-electron chi connectivity index (χ3n) is 8.51. The average molecular weight is 420 g/mol. The second-order valence-corrected chi connectivity index (χ2v) is 10.9. The standard InChI is InChI=1S/C28H37NO2/c1-19(15-18-29-25(30)21-9-6-7-10-22(21)26(29)31)11-13-23-20(2)12-14-24-27(3,4)16-8-17-28(23,24)5/h6-7,9-10,15,24H,8,11-14,16-18H2,1-5H3/b19-15+/t24-,28+/m0/s1. The summed E-state index contributed by atoms with van der Waals surface area (Å²) in [6, 6.07) is 7.12. The normalized spacial score (nSPS) is 28.1. The molecule has 3 nitrogen and oxygen atoms in total. The van der Waals surface area contributed by atoms with Crippen LogP contribution in [0.4, 0.5) is 0 Å². The van der Waals surface area contributed by atoms with Gasteiger partial charge in [-0.15, -0.1) is 0 Å². The van der Waals surface area contributed by atoms with Gasteiger partial charge in [0.2, 0.25) is 0 Å². The maximum absolute atomic E-state index is 12.6. The molecule has 1 aromatic rings. The van der Waals surface area contributed by atoms with E-state index in [4.69, 9.17) is 0 Å². The Morgan fingerprint density at radius 3 is 2.39 bits per heavy atom. The maximum Gasteiger partial charge on any atom is 0.261 e. The molecule has 2 aliphatic carbocycles. The van der Waals surface area contributed by atoms with Crippen molar-refractivity contribution in [2.75, 3.05) is 6.54 Å². The summed E-state index contributed by atoms with van der Waals surface area (Å²) in [6.07, 6.45) is 10.7. The average Bonchev–Trinajstić information content (AvgIpc) is 2.95. The van der Waals surface area contributed by atoms with Crippen LogP contribution in [0, 0.1) is 16.7 Å². The molecular formula is C28H37NO2. The van der Waals surface area contributed by atoms with Crippen molar-refractivity contribution in [1.29, 1.82) is 0 Å².